The van der Waals surface area contributed by atoms with E-state index in [1.807, 2.05) is 0 Å². The van der Waals surface area contributed by atoms with E-state index < -0.39 is 0 Å². The van der Waals surface area contributed by atoms with Gasteiger partial charge in [-0.3, -0.25) is 14.5 Å². The van der Waals surface area contributed by atoms with Crippen LogP contribution in [0.4, 0.5) is 0 Å². The van der Waals surface area contributed by atoms with Crippen molar-refractivity contribution in [2.75, 3.05) is 26.2 Å². The molecule has 0 spiro atoms. The van der Waals surface area contributed by atoms with Crippen molar-refractivity contribution in [3.05, 3.63) is 0 Å². The third-order valence-electron chi connectivity index (χ3n) is 3.46. The molecule has 0 aromatic carbocycles. The first kappa shape index (κ1) is 11.6. The third-order valence-corrected chi connectivity index (χ3v) is 3.46. The molecule has 0 unspecified atom stereocenters. The van der Waals surface area contributed by atoms with Crippen molar-refractivity contribution < 1.29 is 9.59 Å². The lowest BCUT2D eigenvalue weighted by atomic mass is 10.3. The van der Waals surface area contributed by atoms with E-state index in [-0.39, 0.29) is 11.8 Å². The van der Waals surface area contributed by atoms with Crippen molar-refractivity contribution >= 4 is 11.8 Å². The lowest BCUT2D eigenvalue weighted by molar-refractivity contribution is -0.138. The van der Waals surface area contributed by atoms with E-state index in [2.05, 4.69) is 4.90 Å². The number of likely N-dealkylation sites (tertiary alicyclic amines) is 2. The van der Waals surface area contributed by atoms with Gasteiger partial charge < -0.3 is 4.90 Å². The standard InChI is InChI=1S/C12H20N2O2/c15-11-5-6-12(16)14(11)10-4-3-9-13-7-1-2-8-13/h1-10H2. The van der Waals surface area contributed by atoms with Gasteiger partial charge in [0.1, 0.15) is 0 Å². The molecule has 0 aromatic heterocycles. The molecular weight excluding hydrogens is 204 g/mol. The van der Waals surface area contributed by atoms with Crippen molar-refractivity contribution in [3.63, 3.8) is 0 Å². The minimum Gasteiger partial charge on any atom is -0.303 e. The SMILES string of the molecule is O=C1CCC(=O)N1CCCCN1CCCC1. The van der Waals surface area contributed by atoms with E-state index in [1.165, 1.54) is 30.8 Å². The van der Waals surface area contributed by atoms with Crippen molar-refractivity contribution in [3.8, 4) is 0 Å². The van der Waals surface area contributed by atoms with Crippen LogP contribution < -0.4 is 0 Å². The number of amides is 2. The maximum Gasteiger partial charge on any atom is 0.229 e. The molecule has 2 fully saturated rings. The summed E-state index contributed by atoms with van der Waals surface area (Å²) in [4.78, 5) is 26.6. The number of rotatable bonds is 5. The van der Waals surface area contributed by atoms with Gasteiger partial charge in [-0.15, -0.1) is 0 Å². The third kappa shape index (κ3) is 2.82. The van der Waals surface area contributed by atoms with E-state index in [9.17, 15) is 9.59 Å². The molecule has 0 N–H and O–H groups in total. The Labute approximate surface area is 96.6 Å². The van der Waals surface area contributed by atoms with Crippen LogP contribution in [0, 0.1) is 0 Å². The summed E-state index contributed by atoms with van der Waals surface area (Å²) < 4.78 is 0. The van der Waals surface area contributed by atoms with Crippen LogP contribution in [0.25, 0.3) is 0 Å². The van der Waals surface area contributed by atoms with Gasteiger partial charge in [0, 0.05) is 19.4 Å². The van der Waals surface area contributed by atoms with Gasteiger partial charge in [0.05, 0.1) is 0 Å². The molecule has 0 aliphatic carbocycles. The first-order valence-corrected chi connectivity index (χ1v) is 6.33. The molecule has 0 atom stereocenters. The first-order valence-electron chi connectivity index (χ1n) is 6.33. The Bertz CT molecular complexity index is 256. The Hall–Kier alpha value is -0.900. The molecule has 2 aliphatic heterocycles. The Morgan fingerprint density at radius 2 is 1.44 bits per heavy atom. The fourth-order valence-corrected chi connectivity index (χ4v) is 2.48. The molecule has 2 rings (SSSR count). The number of hydrogen-bond acceptors (Lipinski definition) is 3. The highest BCUT2D eigenvalue weighted by molar-refractivity contribution is 6.01. The summed E-state index contributed by atoms with van der Waals surface area (Å²) in [6.45, 7) is 4.20. The monoisotopic (exact) mass is 224 g/mol. The van der Waals surface area contributed by atoms with Gasteiger partial charge in [-0.2, -0.15) is 0 Å². The number of unbranched alkanes of at least 4 members (excludes halogenated alkanes) is 1. The van der Waals surface area contributed by atoms with Crippen LogP contribution in [0.3, 0.4) is 0 Å². The quantitative estimate of drug-likeness (QED) is 0.517. The highest BCUT2D eigenvalue weighted by Gasteiger charge is 2.27. The molecule has 90 valence electrons. The van der Waals surface area contributed by atoms with Crippen LogP contribution in [-0.4, -0.2) is 47.8 Å². The lowest BCUT2D eigenvalue weighted by Gasteiger charge is -2.16. The molecule has 0 radical (unpaired) electrons. The Balaban J connectivity index is 1.60. The van der Waals surface area contributed by atoms with Gasteiger partial charge >= 0.3 is 0 Å². The Morgan fingerprint density at radius 3 is 2.06 bits per heavy atom. The number of imide groups is 1. The minimum absolute atomic E-state index is 0.0196. The summed E-state index contributed by atoms with van der Waals surface area (Å²) >= 11 is 0. The van der Waals surface area contributed by atoms with Crippen LogP contribution in [0.5, 0.6) is 0 Å². The normalized spacial score (nSPS) is 22.4. The van der Waals surface area contributed by atoms with Gasteiger partial charge in [-0.1, -0.05) is 0 Å². The van der Waals surface area contributed by atoms with E-state index in [0.717, 1.165) is 19.4 Å². The van der Waals surface area contributed by atoms with Gasteiger partial charge in [-0.05, 0) is 45.3 Å². The molecule has 4 nitrogen and oxygen atoms in total. The summed E-state index contributed by atoms with van der Waals surface area (Å²) in [5.41, 5.74) is 0. The van der Waals surface area contributed by atoms with Crippen molar-refractivity contribution in [2.45, 2.75) is 38.5 Å². The minimum atomic E-state index is 0.0196. The molecule has 2 aliphatic rings. The highest BCUT2D eigenvalue weighted by atomic mass is 16.2. The topological polar surface area (TPSA) is 40.6 Å². The van der Waals surface area contributed by atoms with Crippen molar-refractivity contribution in [1.29, 1.82) is 0 Å². The van der Waals surface area contributed by atoms with Gasteiger partial charge in [0.15, 0.2) is 0 Å². The molecular formula is C12H20N2O2. The first-order chi connectivity index (χ1) is 7.77. The molecule has 0 bridgehead atoms. The zero-order chi connectivity index (χ0) is 11.4. The smallest absolute Gasteiger partial charge is 0.229 e. The summed E-state index contributed by atoms with van der Waals surface area (Å²) in [7, 11) is 0. The van der Waals surface area contributed by atoms with E-state index >= 15 is 0 Å². The number of hydrogen-bond donors (Lipinski definition) is 0. The molecule has 0 saturated carbocycles. The van der Waals surface area contributed by atoms with Crippen LogP contribution in [-0.2, 0) is 9.59 Å². The Morgan fingerprint density at radius 1 is 0.875 bits per heavy atom. The summed E-state index contributed by atoms with van der Waals surface area (Å²) in [6.07, 6.45) is 5.53. The van der Waals surface area contributed by atoms with Crippen molar-refractivity contribution in [1.82, 2.24) is 9.80 Å². The average molecular weight is 224 g/mol. The highest BCUT2D eigenvalue weighted by Crippen LogP contribution is 2.13. The zero-order valence-electron chi connectivity index (χ0n) is 9.78. The van der Waals surface area contributed by atoms with Crippen LogP contribution in [0.2, 0.25) is 0 Å². The number of carbonyl (C=O) groups is 2. The van der Waals surface area contributed by atoms with Gasteiger partial charge in [0.25, 0.3) is 0 Å². The Kier molecular flexibility index (Phi) is 3.93. The second kappa shape index (κ2) is 5.43. The maximum absolute atomic E-state index is 11.3. The van der Waals surface area contributed by atoms with E-state index in [4.69, 9.17) is 0 Å². The molecule has 2 heterocycles. The summed E-state index contributed by atoms with van der Waals surface area (Å²) in [5, 5.41) is 0. The van der Waals surface area contributed by atoms with E-state index in [0.29, 0.717) is 19.4 Å². The predicted octanol–water partition coefficient (Wildman–Crippen LogP) is 1.01. The second-order valence-corrected chi connectivity index (χ2v) is 4.69. The maximum atomic E-state index is 11.3. The number of carbonyl (C=O) groups excluding carboxylic acids is 2. The van der Waals surface area contributed by atoms with E-state index in [1.54, 1.807) is 0 Å². The zero-order valence-corrected chi connectivity index (χ0v) is 9.78. The molecule has 0 aromatic rings. The molecule has 2 saturated heterocycles. The summed E-state index contributed by atoms with van der Waals surface area (Å²) in [6, 6.07) is 0. The summed E-state index contributed by atoms with van der Waals surface area (Å²) in [5.74, 6) is 0.0392. The largest absolute Gasteiger partial charge is 0.303 e. The lowest BCUT2D eigenvalue weighted by Crippen LogP contribution is -2.30. The van der Waals surface area contributed by atoms with Crippen LogP contribution in [0.15, 0.2) is 0 Å². The number of nitrogens with zero attached hydrogens (tertiary/aromatic N) is 2. The van der Waals surface area contributed by atoms with Crippen LogP contribution in [0.1, 0.15) is 38.5 Å². The fraction of sp³-hybridized carbons (Fsp3) is 0.833. The van der Waals surface area contributed by atoms with Crippen LogP contribution >= 0.6 is 0 Å². The van der Waals surface area contributed by atoms with Gasteiger partial charge in [-0.25, -0.2) is 0 Å². The second-order valence-electron chi connectivity index (χ2n) is 4.69. The molecule has 2 amide bonds. The molecule has 16 heavy (non-hydrogen) atoms. The molecule has 4 heteroatoms. The van der Waals surface area contributed by atoms with Crippen molar-refractivity contribution in [2.24, 2.45) is 0 Å². The van der Waals surface area contributed by atoms with Gasteiger partial charge in [0.2, 0.25) is 11.8 Å². The fourth-order valence-electron chi connectivity index (χ4n) is 2.48. The predicted molar refractivity (Wildman–Crippen MR) is 60.9 cm³/mol. The average Bonchev–Trinajstić information content (AvgIpc) is 2.87.